The third-order valence-corrected chi connectivity index (χ3v) is 24.1. The van der Waals surface area contributed by atoms with Crippen LogP contribution in [0.3, 0.4) is 0 Å². The molecule has 1 aliphatic heterocycles. The zero-order valence-electron chi connectivity index (χ0n) is 83.0. The zero-order chi connectivity index (χ0) is 108. The molecule has 4 aromatic carbocycles. The van der Waals surface area contributed by atoms with E-state index in [1.807, 2.05) is 0 Å². The van der Waals surface area contributed by atoms with Crippen LogP contribution < -0.4 is 120 Å². The number of aliphatic hydroxyl groups excluding tert-OH is 1. The second-order valence-electron chi connectivity index (χ2n) is 37.5. The smallest absolute Gasteiger partial charge is 0.336 e. The monoisotopic (exact) mass is 2040 g/mol. The summed E-state index contributed by atoms with van der Waals surface area (Å²) in [6, 6.07) is 4.16. The third-order valence-electron chi connectivity index (χ3n) is 24.1. The third kappa shape index (κ3) is 37.4. The average Bonchev–Trinajstić information content (AvgIpc) is 0.936. The predicted molar refractivity (Wildman–Crippen MR) is 534 cm³/mol. The van der Waals surface area contributed by atoms with E-state index in [4.69, 9.17) is 44.2 Å². The minimum atomic E-state index is -1.85. The summed E-state index contributed by atoms with van der Waals surface area (Å²) in [7, 11) is 0. The van der Waals surface area contributed by atoms with Crippen LogP contribution >= 0.6 is 0 Å². The number of phenols is 1. The van der Waals surface area contributed by atoms with Gasteiger partial charge in [-0.15, -0.1) is 0 Å². The Bertz CT molecular complexity index is 5700. The van der Waals surface area contributed by atoms with Crippen molar-refractivity contribution < 1.29 is 111 Å². The fourth-order valence-corrected chi connectivity index (χ4v) is 16.3. The lowest BCUT2D eigenvalue weighted by atomic mass is 9.99. The van der Waals surface area contributed by atoms with Gasteiger partial charge in [0, 0.05) is 85.5 Å². The van der Waals surface area contributed by atoms with Crippen molar-refractivity contribution in [3.8, 4) is 5.75 Å². The van der Waals surface area contributed by atoms with Crippen LogP contribution in [-0.2, 0) is 117 Å². The Morgan fingerprint density at radius 2 is 0.966 bits per heavy atom. The van der Waals surface area contributed by atoms with E-state index in [9.17, 15) is 87.2 Å². The molecule has 48 nitrogen and oxygen atoms in total. The number of benzene rings is 4. The number of aromatic amines is 1. The van der Waals surface area contributed by atoms with Crippen LogP contribution in [0.5, 0.6) is 5.75 Å². The summed E-state index contributed by atoms with van der Waals surface area (Å²) in [5.41, 5.74) is 35.3. The number of carbonyl (C=O) groups excluding carboxylic acids is 18. The molecule has 0 aliphatic carbocycles. The number of primary amides is 3. The highest BCUT2D eigenvalue weighted by atomic mass is 16.4. The number of amides is 18. The first kappa shape index (κ1) is 117. The van der Waals surface area contributed by atoms with Crippen molar-refractivity contribution in [1.82, 2.24) is 84.3 Å². The molecule has 0 unspecified atom stereocenters. The van der Waals surface area contributed by atoms with E-state index in [1.54, 1.807) is 88.5 Å². The Balaban J connectivity index is 1.07. The van der Waals surface area contributed by atoms with Gasteiger partial charge in [-0.05, 0) is 154 Å². The highest BCUT2D eigenvalue weighted by molar-refractivity contribution is 6.04. The van der Waals surface area contributed by atoms with Crippen LogP contribution in [0.4, 0.5) is 5.69 Å². The fourth-order valence-electron chi connectivity index (χ4n) is 16.3. The van der Waals surface area contributed by atoms with Gasteiger partial charge in [-0.3, -0.25) is 96.5 Å². The first-order valence-electron chi connectivity index (χ1n) is 48.3. The van der Waals surface area contributed by atoms with Crippen molar-refractivity contribution in [2.75, 3.05) is 31.5 Å². The van der Waals surface area contributed by atoms with E-state index in [-0.39, 0.29) is 125 Å². The van der Waals surface area contributed by atoms with Crippen LogP contribution in [0.25, 0.3) is 21.9 Å². The molecule has 18 amide bonds. The van der Waals surface area contributed by atoms with Crippen LogP contribution in [0.15, 0.2) is 119 Å². The summed E-state index contributed by atoms with van der Waals surface area (Å²) in [5, 5.41) is 78.7. The Morgan fingerprint density at radius 3 is 1.51 bits per heavy atom. The molecule has 794 valence electrons. The maximum atomic E-state index is 15.3. The molecule has 15 atom stereocenters. The Labute approximate surface area is 842 Å². The van der Waals surface area contributed by atoms with Crippen molar-refractivity contribution in [3.63, 3.8) is 0 Å². The Morgan fingerprint density at radius 1 is 0.486 bits per heavy atom. The Hall–Kier alpha value is -15.5. The second-order valence-corrected chi connectivity index (χ2v) is 37.5. The minimum absolute atomic E-state index is 0.0210. The van der Waals surface area contributed by atoms with Gasteiger partial charge in [0.2, 0.25) is 106 Å². The average molecular weight is 2040 g/mol. The molecule has 0 spiro atoms. The van der Waals surface area contributed by atoms with Crippen molar-refractivity contribution in [1.29, 1.82) is 5.41 Å². The number of nitrogens with zero attached hydrogens (tertiary/aromatic N) is 1. The standard InChI is InChI=1S/C98H138N24O24/c1-49(2)39-62(100)84(132)114-71(46-78(129)130)92(140)118-80(50(3)4)94(142)112-65(24-17-37-106-98(104)105)87(135)117-70(42-57-47-107-63-22-14-13-21-60(57)63)89(137)111-67(33-35-75(102)126)88(136)116-69(41-55-26-29-59(124)30-27-55)90(138)120-82(52(7)8)97(145)122-38-18-25-72(122)93(141)108-48-77(128)110-64(23-15-16-36-99)86(134)115-68(40-54-19-11-10-12-20-54)91(139)121-83(53(9)123)96(144)119-81(51(5)6)95(143)113-66(32-34-74(101)125)85(133)109-58-28-31-61-56(43-76(103)127)44-79(131)146-73(61)45-58/h10-14,19-22,26-31,44-45,47,49-53,62,64-72,80-83,107,123-124H,15-18,23-25,32-43,46,48,99-100H2,1-9H3,(H2,101,125)(H2,102,126)(H2,103,127)(H,108,141)(H,109,133)(H,110,128)(H,111,137)(H,112,142)(H,113,143)(H,114,132)(H,115,134)(H,116,136)(H,117,135)(H,118,140)(H,119,144)(H,120,138)(H,121,139)(H,129,130)(H4,104,105,106)/t53-,62-,64-,65-,66-,67-,68-,69-,70-,71-,72-,80-,81-,82-,83-/m0/s1. The number of anilines is 1. The maximum absolute atomic E-state index is 15.3. The summed E-state index contributed by atoms with van der Waals surface area (Å²) >= 11 is 0. The van der Waals surface area contributed by atoms with Gasteiger partial charge in [-0.1, -0.05) is 116 Å². The van der Waals surface area contributed by atoms with E-state index in [0.29, 0.717) is 39.4 Å². The number of nitrogens with two attached hydrogens (primary N) is 6. The van der Waals surface area contributed by atoms with E-state index in [2.05, 4.69) is 84.7 Å². The van der Waals surface area contributed by atoms with E-state index < -0.39 is 265 Å². The predicted octanol–water partition coefficient (Wildman–Crippen LogP) is -3.28. The van der Waals surface area contributed by atoms with Gasteiger partial charge in [-0.25, -0.2) is 4.79 Å². The lowest BCUT2D eigenvalue weighted by molar-refractivity contribution is -0.143. The first-order valence-corrected chi connectivity index (χ1v) is 48.3. The molecule has 0 radical (unpaired) electrons. The highest BCUT2D eigenvalue weighted by Crippen LogP contribution is 2.27. The molecule has 2 aromatic heterocycles. The SMILES string of the molecule is CC(C)C[C@H](N)C(=O)N[C@@H](CC(=O)O)C(=O)N[C@H](C(=O)N[C@@H](CCCNC(=N)N)C(=O)N[C@@H](Cc1c[nH]c2ccccc12)C(=O)N[C@@H](CCC(N)=O)C(=O)N[C@@H](Cc1ccc(O)cc1)C(=O)N[C@H](C(=O)N1CCC[C@H]1C(=O)NCC(=O)N[C@@H](CCCCN)C(=O)N[C@@H](Cc1ccccc1)C(=O)N[C@H](C(=O)N[C@H](C(=O)N[C@@H](CCC(N)=O)C(=O)Nc1ccc2c(CC(N)=O)cc(=O)oc2c1)C(C)C)[C@H](C)O)C(C)C)C(C)C. The quantitative estimate of drug-likeness (QED) is 0.00770. The van der Waals surface area contributed by atoms with Crippen LogP contribution in [0, 0.1) is 29.1 Å². The van der Waals surface area contributed by atoms with Crippen LogP contribution in [-0.4, -0.2) is 260 Å². The number of phenolic OH excluding ortho intramolecular Hbond substituents is 1. The number of aliphatic carboxylic acids is 1. The molecule has 1 aliphatic rings. The summed E-state index contributed by atoms with van der Waals surface area (Å²) < 4.78 is 5.31. The fraction of sp³-hybridized carbons (Fsp3) is 0.500. The van der Waals surface area contributed by atoms with Gasteiger partial charge in [0.25, 0.3) is 0 Å². The molecular weight excluding hydrogens is 1900 g/mol. The molecular formula is C98H138N24O24. The lowest BCUT2D eigenvalue weighted by Crippen LogP contribution is -2.62. The molecule has 0 saturated carbocycles. The normalized spacial score (nSPS) is 15.2. The molecule has 1 fully saturated rings. The number of para-hydroxylation sites is 1. The number of carboxylic acids is 1. The number of H-pyrrole nitrogens is 1. The first-order chi connectivity index (χ1) is 69.0. The molecule has 6 aromatic rings. The second kappa shape index (κ2) is 57.1. The van der Waals surface area contributed by atoms with E-state index >= 15 is 24.0 Å². The number of aromatic hydroxyl groups is 1. The number of hydrogen-bond donors (Lipinski definition) is 26. The number of likely N-dealkylation sites (tertiary alicyclic amines) is 1. The zero-order valence-corrected chi connectivity index (χ0v) is 83.0. The van der Waals surface area contributed by atoms with Gasteiger partial charge >= 0.3 is 11.6 Å². The van der Waals surface area contributed by atoms with Gasteiger partial charge in [-0.2, -0.15) is 0 Å². The van der Waals surface area contributed by atoms with Gasteiger partial charge in [0.05, 0.1) is 31.5 Å². The van der Waals surface area contributed by atoms with Gasteiger partial charge in [0.1, 0.15) is 89.9 Å². The summed E-state index contributed by atoms with van der Waals surface area (Å²) in [5.74, 6) is -21.5. The van der Waals surface area contributed by atoms with E-state index in [1.165, 1.54) is 75.1 Å². The van der Waals surface area contributed by atoms with Crippen molar-refractivity contribution in [3.05, 3.63) is 142 Å². The number of fused-ring (bicyclic) bond motifs is 2. The van der Waals surface area contributed by atoms with Crippen LogP contribution in [0.2, 0.25) is 0 Å². The Kier molecular flexibility index (Phi) is 46.0. The number of carbonyl (C=O) groups is 19. The number of carboxylic acid groups (broad SMARTS) is 1. The van der Waals surface area contributed by atoms with Crippen molar-refractivity contribution in [2.24, 2.45) is 58.1 Å². The van der Waals surface area contributed by atoms with Crippen molar-refractivity contribution >= 4 is 146 Å². The molecule has 146 heavy (non-hydrogen) atoms. The number of aromatic nitrogens is 1. The molecule has 3 heterocycles. The highest BCUT2D eigenvalue weighted by Gasteiger charge is 2.43. The number of rotatable bonds is 59. The van der Waals surface area contributed by atoms with Gasteiger partial charge in [0.15, 0.2) is 5.96 Å². The van der Waals surface area contributed by atoms with Crippen molar-refractivity contribution in [2.45, 2.75) is 262 Å². The number of unbranched alkanes of at least 4 members (excludes halogenated alkanes) is 1. The number of guanidine groups is 1. The summed E-state index contributed by atoms with van der Waals surface area (Å²) in [6.07, 6.45) is -3.44. The molecule has 1 saturated heterocycles. The topological polar surface area (TPSA) is 795 Å². The molecule has 7 rings (SSSR count). The van der Waals surface area contributed by atoms with Gasteiger partial charge < -0.3 is 144 Å². The minimum Gasteiger partial charge on any atom is -0.508 e. The molecule has 48 heteroatoms. The van der Waals surface area contributed by atoms with Crippen LogP contribution in [0.1, 0.15) is 168 Å². The number of hydrogen-bond acceptors (Lipinski definition) is 26. The van der Waals surface area contributed by atoms with E-state index in [0.717, 1.165) is 13.0 Å². The summed E-state index contributed by atoms with van der Waals surface area (Å²) in [4.78, 5) is 283. The lowest BCUT2D eigenvalue weighted by Gasteiger charge is -2.32. The maximum Gasteiger partial charge on any atom is 0.336 e. The summed E-state index contributed by atoms with van der Waals surface area (Å²) in [6.45, 7) is 13.3. The molecule has 0 bridgehead atoms. The molecule has 32 N–H and O–H groups in total. The largest absolute Gasteiger partial charge is 0.508 e. The number of nitrogens with one attached hydrogen (secondary N) is 17. The number of aliphatic hydroxyl groups is 1.